The largest absolute Gasteiger partial charge is 0.378 e. The number of ether oxygens (including phenoxy) is 1. The fourth-order valence-electron chi connectivity index (χ4n) is 1.57. The van der Waals surface area contributed by atoms with Crippen LogP contribution in [0.2, 0.25) is 0 Å². The van der Waals surface area contributed by atoms with E-state index in [0.29, 0.717) is 6.10 Å². The Morgan fingerprint density at radius 3 is 3.00 bits per heavy atom. The van der Waals surface area contributed by atoms with Crippen LogP contribution in [0, 0.1) is 6.92 Å². The molecule has 0 bridgehead atoms. The van der Waals surface area contributed by atoms with Crippen molar-refractivity contribution in [2.75, 3.05) is 20.2 Å². The Kier molecular flexibility index (Phi) is 6.61. The minimum absolute atomic E-state index is 0.363. The minimum atomic E-state index is 0.363. The number of thiazole rings is 1. The third-order valence-corrected chi connectivity index (χ3v) is 3.61. The standard InChI is InChI=1S/C12H22N2OS/c1-10(5-4-7-13-3)15-8-6-12-11(2)14-9-16-12/h9-10,13H,4-8H2,1-3H3. The van der Waals surface area contributed by atoms with E-state index in [9.17, 15) is 0 Å². The zero-order valence-electron chi connectivity index (χ0n) is 10.5. The summed E-state index contributed by atoms with van der Waals surface area (Å²) in [5, 5.41) is 3.15. The Morgan fingerprint density at radius 1 is 1.56 bits per heavy atom. The molecule has 3 nitrogen and oxygen atoms in total. The van der Waals surface area contributed by atoms with Crippen LogP contribution in [-0.2, 0) is 11.2 Å². The van der Waals surface area contributed by atoms with Gasteiger partial charge in [-0.3, -0.25) is 0 Å². The van der Waals surface area contributed by atoms with E-state index in [4.69, 9.17) is 4.74 Å². The quantitative estimate of drug-likeness (QED) is 0.711. The molecule has 0 aliphatic heterocycles. The molecule has 0 radical (unpaired) electrons. The van der Waals surface area contributed by atoms with Gasteiger partial charge in [-0.1, -0.05) is 0 Å². The third kappa shape index (κ3) is 5.05. The zero-order valence-corrected chi connectivity index (χ0v) is 11.3. The highest BCUT2D eigenvalue weighted by atomic mass is 32.1. The van der Waals surface area contributed by atoms with E-state index in [0.717, 1.165) is 31.7 Å². The van der Waals surface area contributed by atoms with Gasteiger partial charge in [0.25, 0.3) is 0 Å². The van der Waals surface area contributed by atoms with E-state index in [1.165, 1.54) is 11.3 Å². The van der Waals surface area contributed by atoms with Crippen molar-refractivity contribution in [3.63, 3.8) is 0 Å². The second-order valence-corrected chi connectivity index (χ2v) is 4.98. The molecule has 1 aromatic heterocycles. The third-order valence-electron chi connectivity index (χ3n) is 2.61. The average Bonchev–Trinajstić information content (AvgIpc) is 2.65. The number of hydrogen-bond acceptors (Lipinski definition) is 4. The predicted molar refractivity (Wildman–Crippen MR) is 69.1 cm³/mol. The molecule has 16 heavy (non-hydrogen) atoms. The number of nitrogens with one attached hydrogen (secondary N) is 1. The van der Waals surface area contributed by atoms with Crippen molar-refractivity contribution in [3.05, 3.63) is 16.1 Å². The normalized spacial score (nSPS) is 12.9. The second-order valence-electron chi connectivity index (χ2n) is 4.04. The van der Waals surface area contributed by atoms with Gasteiger partial charge in [-0.2, -0.15) is 0 Å². The molecule has 1 atom stereocenters. The average molecular weight is 242 g/mol. The highest BCUT2D eigenvalue weighted by Gasteiger charge is 2.04. The Labute approximate surface area is 102 Å². The summed E-state index contributed by atoms with van der Waals surface area (Å²) in [5.74, 6) is 0. The molecule has 1 aromatic rings. The Bertz CT molecular complexity index is 288. The number of nitrogens with zero attached hydrogens (tertiary/aromatic N) is 1. The Balaban J connectivity index is 2.08. The predicted octanol–water partition coefficient (Wildman–Crippen LogP) is 2.40. The van der Waals surface area contributed by atoms with E-state index in [1.807, 2.05) is 12.6 Å². The fourth-order valence-corrected chi connectivity index (χ4v) is 2.33. The van der Waals surface area contributed by atoms with Crippen molar-refractivity contribution in [3.8, 4) is 0 Å². The van der Waals surface area contributed by atoms with Crippen LogP contribution in [0.15, 0.2) is 5.51 Å². The summed E-state index contributed by atoms with van der Waals surface area (Å²) in [4.78, 5) is 5.58. The molecule has 4 heteroatoms. The van der Waals surface area contributed by atoms with Gasteiger partial charge >= 0.3 is 0 Å². The van der Waals surface area contributed by atoms with Crippen molar-refractivity contribution < 1.29 is 4.74 Å². The zero-order chi connectivity index (χ0) is 11.8. The van der Waals surface area contributed by atoms with Gasteiger partial charge in [0.15, 0.2) is 0 Å². The van der Waals surface area contributed by atoms with Crippen LogP contribution in [0.5, 0.6) is 0 Å². The second kappa shape index (κ2) is 7.76. The van der Waals surface area contributed by atoms with E-state index in [-0.39, 0.29) is 0 Å². The summed E-state index contributed by atoms with van der Waals surface area (Å²) in [6.45, 7) is 6.09. The Morgan fingerprint density at radius 2 is 2.38 bits per heavy atom. The summed E-state index contributed by atoms with van der Waals surface area (Å²) < 4.78 is 5.77. The number of rotatable bonds is 8. The summed E-state index contributed by atoms with van der Waals surface area (Å²) in [5.41, 5.74) is 3.05. The van der Waals surface area contributed by atoms with Crippen LogP contribution in [0.1, 0.15) is 30.3 Å². The lowest BCUT2D eigenvalue weighted by molar-refractivity contribution is 0.0615. The lowest BCUT2D eigenvalue weighted by atomic mass is 10.2. The van der Waals surface area contributed by atoms with Gasteiger partial charge in [0, 0.05) is 11.3 Å². The molecule has 1 N–H and O–H groups in total. The smallest absolute Gasteiger partial charge is 0.0797 e. The molecular weight excluding hydrogens is 220 g/mol. The highest BCUT2D eigenvalue weighted by Crippen LogP contribution is 2.13. The maximum absolute atomic E-state index is 5.77. The molecule has 92 valence electrons. The monoisotopic (exact) mass is 242 g/mol. The van der Waals surface area contributed by atoms with E-state index in [2.05, 4.69) is 24.1 Å². The van der Waals surface area contributed by atoms with Crippen molar-refractivity contribution in [1.29, 1.82) is 0 Å². The van der Waals surface area contributed by atoms with Gasteiger partial charge in [0.2, 0.25) is 0 Å². The van der Waals surface area contributed by atoms with Crippen molar-refractivity contribution in [1.82, 2.24) is 10.3 Å². The minimum Gasteiger partial charge on any atom is -0.378 e. The van der Waals surface area contributed by atoms with Gasteiger partial charge in [-0.05, 0) is 40.3 Å². The first-order valence-corrected chi connectivity index (χ1v) is 6.77. The van der Waals surface area contributed by atoms with E-state index in [1.54, 1.807) is 11.3 Å². The van der Waals surface area contributed by atoms with Crippen LogP contribution in [0.4, 0.5) is 0 Å². The SMILES string of the molecule is CNCCCC(C)OCCc1scnc1C. The topological polar surface area (TPSA) is 34.1 Å². The first-order valence-electron chi connectivity index (χ1n) is 5.89. The number of aryl methyl sites for hydroxylation is 1. The van der Waals surface area contributed by atoms with Crippen LogP contribution < -0.4 is 5.32 Å². The molecule has 0 saturated carbocycles. The van der Waals surface area contributed by atoms with Gasteiger partial charge in [0.05, 0.1) is 23.9 Å². The molecule has 0 aliphatic carbocycles. The van der Waals surface area contributed by atoms with Crippen molar-refractivity contribution >= 4 is 11.3 Å². The number of hydrogen-bond donors (Lipinski definition) is 1. The van der Waals surface area contributed by atoms with E-state index < -0.39 is 0 Å². The molecule has 0 spiro atoms. The van der Waals surface area contributed by atoms with Gasteiger partial charge in [-0.25, -0.2) is 4.98 Å². The lowest BCUT2D eigenvalue weighted by Crippen LogP contribution is -2.14. The van der Waals surface area contributed by atoms with Crippen molar-refractivity contribution in [2.45, 2.75) is 39.2 Å². The molecule has 0 aliphatic rings. The molecule has 0 fully saturated rings. The maximum atomic E-state index is 5.77. The summed E-state index contributed by atoms with van der Waals surface area (Å²) >= 11 is 1.72. The number of aromatic nitrogens is 1. The molecule has 0 aromatic carbocycles. The molecule has 1 unspecified atom stereocenters. The van der Waals surface area contributed by atoms with Gasteiger partial charge in [0.1, 0.15) is 0 Å². The molecular formula is C12H22N2OS. The van der Waals surface area contributed by atoms with Gasteiger partial charge in [-0.15, -0.1) is 11.3 Å². The molecule has 0 saturated heterocycles. The molecule has 1 heterocycles. The van der Waals surface area contributed by atoms with Crippen molar-refractivity contribution in [2.24, 2.45) is 0 Å². The van der Waals surface area contributed by atoms with Gasteiger partial charge < -0.3 is 10.1 Å². The summed E-state index contributed by atoms with van der Waals surface area (Å²) in [6.07, 6.45) is 3.66. The van der Waals surface area contributed by atoms with E-state index >= 15 is 0 Å². The van der Waals surface area contributed by atoms with Crippen LogP contribution in [0.3, 0.4) is 0 Å². The molecule has 0 amide bonds. The first kappa shape index (κ1) is 13.6. The summed E-state index contributed by atoms with van der Waals surface area (Å²) in [7, 11) is 1.98. The Hall–Kier alpha value is -0.450. The summed E-state index contributed by atoms with van der Waals surface area (Å²) in [6, 6.07) is 0. The van der Waals surface area contributed by atoms with Crippen LogP contribution in [0.25, 0.3) is 0 Å². The van der Waals surface area contributed by atoms with Crippen LogP contribution in [-0.4, -0.2) is 31.3 Å². The maximum Gasteiger partial charge on any atom is 0.0797 e. The molecule has 1 rings (SSSR count). The lowest BCUT2D eigenvalue weighted by Gasteiger charge is -2.12. The highest BCUT2D eigenvalue weighted by molar-refractivity contribution is 7.09. The fraction of sp³-hybridized carbons (Fsp3) is 0.750. The van der Waals surface area contributed by atoms with Crippen LogP contribution >= 0.6 is 11.3 Å². The first-order chi connectivity index (χ1) is 7.74.